The fourth-order valence-corrected chi connectivity index (χ4v) is 2.88. The lowest BCUT2D eigenvalue weighted by Gasteiger charge is -2.19. The molecule has 3 N–H and O–H groups in total. The van der Waals surface area contributed by atoms with Crippen LogP contribution in [-0.2, 0) is 4.57 Å². The van der Waals surface area contributed by atoms with E-state index >= 15 is 0 Å². The number of benzene rings is 1. The van der Waals surface area contributed by atoms with Gasteiger partial charge in [0.05, 0.1) is 5.39 Å². The SMILES string of the molecule is CCCCNC(c1cc(=O)c2ccccc2o1)P(=O)(O)O. The lowest BCUT2D eigenvalue weighted by atomic mass is 10.2. The van der Waals surface area contributed by atoms with Crippen LogP contribution in [0.25, 0.3) is 11.0 Å². The molecule has 7 heteroatoms. The van der Waals surface area contributed by atoms with E-state index in [1.807, 2.05) is 6.92 Å². The van der Waals surface area contributed by atoms with Crippen LogP contribution in [0.2, 0.25) is 0 Å². The summed E-state index contributed by atoms with van der Waals surface area (Å²) in [6.07, 6.45) is 1.66. The minimum atomic E-state index is -4.48. The molecule has 0 bridgehead atoms. The van der Waals surface area contributed by atoms with Crippen molar-refractivity contribution in [1.82, 2.24) is 5.32 Å². The van der Waals surface area contributed by atoms with Gasteiger partial charge in [-0.05, 0) is 25.1 Å². The Labute approximate surface area is 122 Å². The van der Waals surface area contributed by atoms with E-state index in [9.17, 15) is 19.1 Å². The molecule has 0 fully saturated rings. The summed E-state index contributed by atoms with van der Waals surface area (Å²) in [5.74, 6) is -1.34. The first-order chi connectivity index (χ1) is 9.93. The molecule has 1 unspecified atom stereocenters. The summed E-state index contributed by atoms with van der Waals surface area (Å²) in [4.78, 5) is 31.0. The Morgan fingerprint density at radius 2 is 2.05 bits per heavy atom. The van der Waals surface area contributed by atoms with Gasteiger partial charge in [0.1, 0.15) is 11.3 Å². The van der Waals surface area contributed by atoms with E-state index in [2.05, 4.69) is 5.32 Å². The number of rotatable bonds is 6. The summed E-state index contributed by atoms with van der Waals surface area (Å²) in [6.45, 7) is 2.41. The van der Waals surface area contributed by atoms with E-state index in [0.29, 0.717) is 17.5 Å². The van der Waals surface area contributed by atoms with Gasteiger partial charge in [0.25, 0.3) is 0 Å². The van der Waals surface area contributed by atoms with E-state index < -0.39 is 13.4 Å². The van der Waals surface area contributed by atoms with Gasteiger partial charge in [-0.1, -0.05) is 25.5 Å². The minimum Gasteiger partial charge on any atom is -0.458 e. The average Bonchev–Trinajstić information content (AvgIpc) is 2.42. The molecule has 1 atom stereocenters. The van der Waals surface area contributed by atoms with Gasteiger partial charge in [-0.3, -0.25) is 14.7 Å². The third kappa shape index (κ3) is 3.80. The number of para-hydroxylation sites is 1. The Bertz CT molecular complexity index is 721. The molecule has 0 radical (unpaired) electrons. The van der Waals surface area contributed by atoms with Crippen LogP contribution in [0.4, 0.5) is 0 Å². The summed E-state index contributed by atoms with van der Waals surface area (Å²) >= 11 is 0. The first-order valence-corrected chi connectivity index (χ1v) is 8.43. The third-order valence-corrected chi connectivity index (χ3v) is 4.24. The van der Waals surface area contributed by atoms with Gasteiger partial charge in [-0.15, -0.1) is 0 Å². The number of fused-ring (bicyclic) bond motifs is 1. The summed E-state index contributed by atoms with van der Waals surface area (Å²) in [6, 6.07) is 7.76. The maximum absolute atomic E-state index is 12.0. The van der Waals surface area contributed by atoms with Gasteiger partial charge in [-0.2, -0.15) is 0 Å². The molecule has 2 aromatic rings. The van der Waals surface area contributed by atoms with Gasteiger partial charge in [0.15, 0.2) is 11.2 Å². The Kier molecular flexibility index (Phi) is 4.96. The Morgan fingerprint density at radius 3 is 2.71 bits per heavy atom. The van der Waals surface area contributed by atoms with Crippen molar-refractivity contribution in [3.8, 4) is 0 Å². The highest BCUT2D eigenvalue weighted by atomic mass is 31.2. The molecule has 21 heavy (non-hydrogen) atoms. The van der Waals surface area contributed by atoms with E-state index in [-0.39, 0.29) is 11.2 Å². The molecule has 0 spiro atoms. The zero-order valence-electron chi connectivity index (χ0n) is 11.7. The molecule has 0 saturated carbocycles. The topological polar surface area (TPSA) is 99.8 Å². The van der Waals surface area contributed by atoms with E-state index in [1.165, 1.54) is 0 Å². The molecular weight excluding hydrogens is 293 g/mol. The highest BCUT2D eigenvalue weighted by molar-refractivity contribution is 7.52. The van der Waals surface area contributed by atoms with Crippen LogP contribution >= 0.6 is 7.60 Å². The van der Waals surface area contributed by atoms with Crippen LogP contribution in [0.1, 0.15) is 31.3 Å². The van der Waals surface area contributed by atoms with Gasteiger partial charge in [-0.25, -0.2) is 0 Å². The van der Waals surface area contributed by atoms with Crippen molar-refractivity contribution in [1.29, 1.82) is 0 Å². The minimum absolute atomic E-state index is 0.0388. The third-order valence-electron chi connectivity index (χ3n) is 3.13. The molecule has 0 aliphatic heterocycles. The standard InChI is InChI=1S/C14H18NO5P/c1-2-3-8-15-14(21(17,18)19)13-9-11(16)10-6-4-5-7-12(10)20-13/h4-7,9,14-15H,2-3,8H2,1H3,(H2,17,18,19). The van der Waals surface area contributed by atoms with Gasteiger partial charge >= 0.3 is 7.60 Å². The molecule has 0 saturated heterocycles. The molecule has 1 aromatic heterocycles. The molecular formula is C14H18NO5P. The summed E-state index contributed by atoms with van der Waals surface area (Å²) in [5.41, 5.74) is -0.00154. The molecule has 0 aliphatic carbocycles. The van der Waals surface area contributed by atoms with Crippen molar-refractivity contribution in [3.63, 3.8) is 0 Å². The van der Waals surface area contributed by atoms with Gasteiger partial charge < -0.3 is 14.2 Å². The predicted octanol–water partition coefficient (Wildman–Crippen LogP) is 2.36. The fourth-order valence-electron chi connectivity index (χ4n) is 2.06. The van der Waals surface area contributed by atoms with Crippen LogP contribution in [0, 0.1) is 0 Å². The predicted molar refractivity (Wildman–Crippen MR) is 80.2 cm³/mol. The number of nitrogens with one attached hydrogen (secondary N) is 1. The molecule has 1 heterocycles. The van der Waals surface area contributed by atoms with Crippen molar-refractivity contribution in [2.45, 2.75) is 25.5 Å². The first-order valence-electron chi connectivity index (χ1n) is 6.75. The Morgan fingerprint density at radius 1 is 1.33 bits per heavy atom. The Balaban J connectivity index is 2.44. The monoisotopic (exact) mass is 311 g/mol. The maximum Gasteiger partial charge on any atom is 0.350 e. The van der Waals surface area contributed by atoms with Crippen molar-refractivity contribution in [2.75, 3.05) is 6.54 Å². The second kappa shape index (κ2) is 6.54. The van der Waals surface area contributed by atoms with Crippen LogP contribution in [0.15, 0.2) is 39.5 Å². The molecule has 0 aliphatic rings. The Hall–Kier alpha value is -1.46. The first kappa shape index (κ1) is 15.9. The van der Waals surface area contributed by atoms with Crippen LogP contribution in [0.3, 0.4) is 0 Å². The van der Waals surface area contributed by atoms with Crippen molar-refractivity contribution in [3.05, 3.63) is 46.3 Å². The molecule has 1 aromatic carbocycles. The molecule has 2 rings (SSSR count). The normalized spacial score (nSPS) is 13.5. The van der Waals surface area contributed by atoms with Crippen LogP contribution < -0.4 is 10.7 Å². The second-order valence-corrected chi connectivity index (χ2v) is 6.50. The molecule has 6 nitrogen and oxygen atoms in total. The zero-order valence-corrected chi connectivity index (χ0v) is 12.5. The van der Waals surface area contributed by atoms with Crippen LogP contribution in [-0.4, -0.2) is 16.3 Å². The number of hydrogen-bond acceptors (Lipinski definition) is 4. The highest BCUT2D eigenvalue weighted by Crippen LogP contribution is 2.49. The van der Waals surface area contributed by atoms with Crippen molar-refractivity contribution in [2.24, 2.45) is 0 Å². The number of hydrogen-bond donors (Lipinski definition) is 3. The lowest BCUT2D eigenvalue weighted by molar-refractivity contribution is 0.334. The average molecular weight is 311 g/mol. The highest BCUT2D eigenvalue weighted by Gasteiger charge is 2.32. The molecule has 0 amide bonds. The maximum atomic E-state index is 12.0. The van der Waals surface area contributed by atoms with Crippen LogP contribution in [0.5, 0.6) is 0 Å². The van der Waals surface area contributed by atoms with Gasteiger partial charge in [0.2, 0.25) is 0 Å². The van der Waals surface area contributed by atoms with Crippen molar-refractivity contribution < 1.29 is 18.8 Å². The number of unbranched alkanes of at least 4 members (excludes halogenated alkanes) is 1. The summed E-state index contributed by atoms with van der Waals surface area (Å²) < 4.78 is 17.2. The largest absolute Gasteiger partial charge is 0.458 e. The van der Waals surface area contributed by atoms with Gasteiger partial charge in [0, 0.05) is 6.07 Å². The van der Waals surface area contributed by atoms with E-state index in [1.54, 1.807) is 24.3 Å². The quantitative estimate of drug-likeness (QED) is 0.559. The fraction of sp³-hybridized carbons (Fsp3) is 0.357. The van der Waals surface area contributed by atoms with Crippen molar-refractivity contribution >= 4 is 18.6 Å². The lowest BCUT2D eigenvalue weighted by Crippen LogP contribution is -2.23. The zero-order chi connectivity index (χ0) is 15.5. The summed E-state index contributed by atoms with van der Waals surface area (Å²) in [5, 5.41) is 3.16. The summed E-state index contributed by atoms with van der Waals surface area (Å²) in [7, 11) is -4.48. The smallest absolute Gasteiger partial charge is 0.350 e. The second-order valence-electron chi connectivity index (χ2n) is 4.81. The molecule has 114 valence electrons. The van der Waals surface area contributed by atoms with E-state index in [0.717, 1.165) is 18.9 Å². The van der Waals surface area contributed by atoms with E-state index in [4.69, 9.17) is 4.42 Å².